The Morgan fingerprint density at radius 2 is 1.90 bits per heavy atom. The summed E-state index contributed by atoms with van der Waals surface area (Å²) >= 11 is 3.58. The molecule has 6 nitrogen and oxygen atoms in total. The lowest BCUT2D eigenvalue weighted by Crippen LogP contribution is -2.47. The van der Waals surface area contributed by atoms with Crippen LogP contribution in [-0.4, -0.2) is 75.3 Å². The number of likely N-dealkylation sites (N-methyl/N-ethyl adjacent to an activating group) is 1. The topological polar surface area (TPSA) is 52.1 Å². The maximum atomic E-state index is 5.56. The van der Waals surface area contributed by atoms with E-state index < -0.39 is 0 Å². The Labute approximate surface area is 212 Å². The molecule has 9 heteroatoms. The van der Waals surface area contributed by atoms with Crippen molar-refractivity contribution in [2.24, 2.45) is 4.99 Å². The minimum absolute atomic E-state index is 0. The number of morpholine rings is 1. The summed E-state index contributed by atoms with van der Waals surface area (Å²) in [5.41, 5.74) is 1.37. The summed E-state index contributed by atoms with van der Waals surface area (Å²) in [6.45, 7) is 11.7. The molecular formula is C22H36IN5OS2. The number of hydrogen-bond donors (Lipinski definition) is 2. The molecule has 1 aliphatic heterocycles. The Kier molecular flexibility index (Phi) is 12.4. The molecule has 2 atom stereocenters. The van der Waals surface area contributed by atoms with Gasteiger partial charge in [0.1, 0.15) is 0 Å². The molecule has 3 heterocycles. The lowest BCUT2D eigenvalue weighted by Gasteiger charge is -2.34. The molecule has 2 aromatic rings. The van der Waals surface area contributed by atoms with Crippen molar-refractivity contribution in [3.05, 3.63) is 44.8 Å². The van der Waals surface area contributed by atoms with Gasteiger partial charge in [-0.1, -0.05) is 19.9 Å². The fourth-order valence-corrected chi connectivity index (χ4v) is 5.54. The van der Waals surface area contributed by atoms with Gasteiger partial charge in [0.05, 0.1) is 25.3 Å². The average Bonchev–Trinajstić information content (AvgIpc) is 3.50. The van der Waals surface area contributed by atoms with Crippen LogP contribution in [0.25, 0.3) is 0 Å². The molecule has 2 N–H and O–H groups in total. The first kappa shape index (κ1) is 26.5. The molecule has 31 heavy (non-hydrogen) atoms. The SMILES string of the molecule is CCN(CC)C(CNC(=NC)NCC(c1cccs1)N1CCOCC1)c1ccsc1.I. The molecule has 2 unspecified atom stereocenters. The predicted molar refractivity (Wildman–Crippen MR) is 144 cm³/mol. The minimum Gasteiger partial charge on any atom is -0.379 e. The number of rotatable bonds is 10. The zero-order valence-electron chi connectivity index (χ0n) is 18.8. The monoisotopic (exact) mass is 577 g/mol. The first-order chi connectivity index (χ1) is 14.8. The van der Waals surface area contributed by atoms with E-state index in [1.807, 2.05) is 18.4 Å². The van der Waals surface area contributed by atoms with E-state index in [0.717, 1.165) is 58.4 Å². The molecule has 0 spiro atoms. The van der Waals surface area contributed by atoms with Gasteiger partial charge < -0.3 is 15.4 Å². The van der Waals surface area contributed by atoms with Crippen LogP contribution in [0, 0.1) is 0 Å². The zero-order valence-corrected chi connectivity index (χ0v) is 22.7. The van der Waals surface area contributed by atoms with Crippen molar-refractivity contribution < 1.29 is 4.74 Å². The molecule has 0 radical (unpaired) electrons. The number of halogens is 1. The molecular weight excluding hydrogens is 541 g/mol. The van der Waals surface area contributed by atoms with Gasteiger partial charge >= 0.3 is 0 Å². The summed E-state index contributed by atoms with van der Waals surface area (Å²) in [7, 11) is 1.85. The number of guanidine groups is 1. The van der Waals surface area contributed by atoms with Gasteiger partial charge in [-0.05, 0) is 46.9 Å². The first-order valence-corrected chi connectivity index (χ1v) is 12.6. The van der Waals surface area contributed by atoms with E-state index in [1.165, 1.54) is 10.4 Å². The summed E-state index contributed by atoms with van der Waals surface area (Å²) in [5, 5.41) is 13.7. The highest BCUT2D eigenvalue weighted by Crippen LogP contribution is 2.25. The number of hydrogen-bond acceptors (Lipinski definition) is 6. The van der Waals surface area contributed by atoms with Gasteiger partial charge in [0.25, 0.3) is 0 Å². The Morgan fingerprint density at radius 3 is 2.48 bits per heavy atom. The summed E-state index contributed by atoms with van der Waals surface area (Å²) in [6, 6.07) is 7.28. The number of nitrogens with zero attached hydrogens (tertiary/aromatic N) is 3. The van der Waals surface area contributed by atoms with E-state index in [9.17, 15) is 0 Å². The standard InChI is InChI=1S/C22H35N5OS2.HI/c1-4-26(5-2)19(18-8-14-29-17-18)15-24-22(23-3)25-16-20(21-7-6-13-30-21)27-9-11-28-12-10-27;/h6-8,13-14,17,19-20H,4-5,9-12,15-16H2,1-3H3,(H2,23,24,25);1H. The zero-order chi connectivity index (χ0) is 21.2. The van der Waals surface area contributed by atoms with Crippen LogP contribution in [-0.2, 0) is 4.74 Å². The lowest BCUT2D eigenvalue weighted by molar-refractivity contribution is 0.0177. The van der Waals surface area contributed by atoms with Gasteiger partial charge in [-0.2, -0.15) is 11.3 Å². The van der Waals surface area contributed by atoms with Gasteiger partial charge in [0.15, 0.2) is 5.96 Å². The van der Waals surface area contributed by atoms with Crippen LogP contribution in [0.2, 0.25) is 0 Å². The number of nitrogens with one attached hydrogen (secondary N) is 2. The summed E-state index contributed by atoms with van der Waals surface area (Å²) in [5.74, 6) is 0.859. The smallest absolute Gasteiger partial charge is 0.191 e. The van der Waals surface area contributed by atoms with Gasteiger partial charge in [-0.3, -0.25) is 14.8 Å². The molecule has 3 rings (SSSR count). The molecule has 1 saturated heterocycles. The molecule has 1 fully saturated rings. The number of thiophene rings is 2. The minimum atomic E-state index is 0. The maximum Gasteiger partial charge on any atom is 0.191 e. The van der Waals surface area contributed by atoms with Crippen LogP contribution in [0.1, 0.15) is 36.4 Å². The van der Waals surface area contributed by atoms with Crippen molar-refractivity contribution >= 4 is 52.6 Å². The Morgan fingerprint density at radius 1 is 1.16 bits per heavy atom. The molecule has 174 valence electrons. The maximum absolute atomic E-state index is 5.56. The van der Waals surface area contributed by atoms with Gasteiger partial charge in [0, 0.05) is 38.1 Å². The van der Waals surface area contributed by atoms with E-state index in [2.05, 4.69) is 73.6 Å². The van der Waals surface area contributed by atoms with E-state index >= 15 is 0 Å². The van der Waals surface area contributed by atoms with Crippen LogP contribution in [0.4, 0.5) is 0 Å². The van der Waals surface area contributed by atoms with Crippen molar-refractivity contribution in [2.75, 3.05) is 59.5 Å². The molecule has 0 bridgehead atoms. The second-order valence-electron chi connectivity index (χ2n) is 7.31. The van der Waals surface area contributed by atoms with Crippen LogP contribution in [0.5, 0.6) is 0 Å². The second kappa shape index (κ2) is 14.4. The van der Waals surface area contributed by atoms with Crippen LogP contribution >= 0.6 is 46.7 Å². The highest BCUT2D eigenvalue weighted by Gasteiger charge is 2.24. The van der Waals surface area contributed by atoms with Crippen molar-refractivity contribution in [3.8, 4) is 0 Å². The average molecular weight is 578 g/mol. The van der Waals surface area contributed by atoms with E-state index in [0.29, 0.717) is 12.1 Å². The lowest BCUT2D eigenvalue weighted by atomic mass is 10.1. The van der Waals surface area contributed by atoms with Gasteiger partial charge in [-0.25, -0.2) is 0 Å². The van der Waals surface area contributed by atoms with E-state index in [4.69, 9.17) is 4.74 Å². The molecule has 0 aliphatic carbocycles. The van der Waals surface area contributed by atoms with Crippen molar-refractivity contribution in [1.29, 1.82) is 0 Å². The Balaban J connectivity index is 0.00000341. The third-order valence-electron chi connectivity index (χ3n) is 5.69. The van der Waals surface area contributed by atoms with E-state index in [1.54, 1.807) is 11.3 Å². The third kappa shape index (κ3) is 7.68. The Bertz CT molecular complexity index is 731. The first-order valence-electron chi connectivity index (χ1n) is 10.8. The number of ether oxygens (including phenoxy) is 1. The van der Waals surface area contributed by atoms with Crippen LogP contribution in [0.3, 0.4) is 0 Å². The van der Waals surface area contributed by atoms with Crippen LogP contribution < -0.4 is 10.6 Å². The fraction of sp³-hybridized carbons (Fsp3) is 0.591. The van der Waals surface area contributed by atoms with Crippen molar-refractivity contribution in [2.45, 2.75) is 25.9 Å². The summed E-state index contributed by atoms with van der Waals surface area (Å²) < 4.78 is 5.56. The largest absolute Gasteiger partial charge is 0.379 e. The summed E-state index contributed by atoms with van der Waals surface area (Å²) in [6.07, 6.45) is 0. The highest BCUT2D eigenvalue weighted by molar-refractivity contribution is 14.0. The molecule has 0 saturated carbocycles. The van der Waals surface area contributed by atoms with Crippen LogP contribution in [0.15, 0.2) is 39.3 Å². The number of aliphatic imine (C=N–C) groups is 1. The molecule has 0 aromatic carbocycles. The fourth-order valence-electron chi connectivity index (χ4n) is 3.97. The summed E-state index contributed by atoms with van der Waals surface area (Å²) in [4.78, 5) is 10.9. The third-order valence-corrected chi connectivity index (χ3v) is 7.36. The van der Waals surface area contributed by atoms with Crippen molar-refractivity contribution in [1.82, 2.24) is 20.4 Å². The molecule has 2 aromatic heterocycles. The highest BCUT2D eigenvalue weighted by atomic mass is 127. The normalized spacial score (nSPS) is 17.2. The second-order valence-corrected chi connectivity index (χ2v) is 9.07. The van der Waals surface area contributed by atoms with Crippen molar-refractivity contribution in [3.63, 3.8) is 0 Å². The quantitative estimate of drug-likeness (QED) is 0.254. The molecule has 0 amide bonds. The van der Waals surface area contributed by atoms with E-state index in [-0.39, 0.29) is 24.0 Å². The van der Waals surface area contributed by atoms with Gasteiger partial charge in [0.2, 0.25) is 0 Å². The molecule has 1 aliphatic rings. The predicted octanol–water partition coefficient (Wildman–Crippen LogP) is 4.05. The van der Waals surface area contributed by atoms with Gasteiger partial charge in [-0.15, -0.1) is 35.3 Å². The Hall–Kier alpha value is -0.720.